The number of halogens is 2. The van der Waals surface area contributed by atoms with Crippen LogP contribution in [0.2, 0.25) is 0 Å². The lowest BCUT2D eigenvalue weighted by molar-refractivity contribution is -0.0141. The van der Waals surface area contributed by atoms with E-state index in [9.17, 15) is 9.59 Å². The lowest BCUT2D eigenvalue weighted by Gasteiger charge is -2.40. The summed E-state index contributed by atoms with van der Waals surface area (Å²) in [6.45, 7) is 8.21. The molecule has 2 saturated heterocycles. The molecule has 10 nitrogen and oxygen atoms in total. The first-order valence-corrected chi connectivity index (χ1v) is 15.6. The average molecular weight is 720 g/mol. The van der Waals surface area contributed by atoms with Crippen LogP contribution in [0.25, 0.3) is 0 Å². The van der Waals surface area contributed by atoms with E-state index in [-0.39, 0.29) is 24.3 Å². The SMILES string of the molecule is CC(C)(C)OC(=O)N1CC[C@H]1COc1cncc(Br)c1.O=C(OCc1ccccc1)N1CC[C@H]1COc1cncc(Br)c1. The van der Waals surface area contributed by atoms with Crippen LogP contribution in [0.1, 0.15) is 39.2 Å². The van der Waals surface area contributed by atoms with Crippen LogP contribution >= 0.6 is 31.9 Å². The molecule has 3 aromatic rings. The fraction of sp³-hybridized carbons (Fsp3) is 0.419. The van der Waals surface area contributed by atoms with Crippen molar-refractivity contribution < 1.29 is 28.5 Å². The van der Waals surface area contributed by atoms with Crippen molar-refractivity contribution in [1.29, 1.82) is 0 Å². The molecule has 0 aliphatic carbocycles. The summed E-state index contributed by atoms with van der Waals surface area (Å²) in [4.78, 5) is 35.5. The molecule has 1 aromatic carbocycles. The molecule has 2 aliphatic heterocycles. The topological polar surface area (TPSA) is 103 Å². The molecule has 0 bridgehead atoms. The predicted molar refractivity (Wildman–Crippen MR) is 168 cm³/mol. The summed E-state index contributed by atoms with van der Waals surface area (Å²) in [6, 6.07) is 13.5. The Morgan fingerprint density at radius 3 is 1.77 bits per heavy atom. The number of carbonyl (C=O) groups is 2. The minimum Gasteiger partial charge on any atom is -0.490 e. The van der Waals surface area contributed by atoms with Crippen molar-refractivity contribution in [2.45, 2.75) is 57.9 Å². The van der Waals surface area contributed by atoms with Crippen molar-refractivity contribution >= 4 is 44.0 Å². The second-order valence-corrected chi connectivity index (χ2v) is 12.9. The van der Waals surface area contributed by atoms with Gasteiger partial charge in [0.25, 0.3) is 0 Å². The number of carbonyl (C=O) groups excluding carboxylic acids is 2. The number of likely N-dealkylation sites (tertiary alicyclic amines) is 2. The van der Waals surface area contributed by atoms with Gasteiger partial charge < -0.3 is 28.7 Å². The number of hydrogen-bond acceptors (Lipinski definition) is 8. The molecule has 2 aliphatic rings. The summed E-state index contributed by atoms with van der Waals surface area (Å²) in [6.07, 6.45) is 7.99. The number of benzene rings is 1. The molecule has 2 aromatic heterocycles. The van der Waals surface area contributed by atoms with Crippen LogP contribution in [-0.2, 0) is 16.1 Å². The molecule has 0 unspecified atom stereocenters. The van der Waals surface area contributed by atoms with Crippen molar-refractivity contribution in [3.8, 4) is 11.5 Å². The lowest BCUT2D eigenvalue weighted by Crippen LogP contribution is -2.55. The van der Waals surface area contributed by atoms with Crippen LogP contribution in [0, 0.1) is 0 Å². The Morgan fingerprint density at radius 2 is 1.33 bits per heavy atom. The van der Waals surface area contributed by atoms with Crippen molar-refractivity contribution in [2.75, 3.05) is 26.3 Å². The van der Waals surface area contributed by atoms with Gasteiger partial charge in [-0.15, -0.1) is 0 Å². The van der Waals surface area contributed by atoms with E-state index in [1.165, 1.54) is 0 Å². The van der Waals surface area contributed by atoms with Gasteiger partial charge >= 0.3 is 12.2 Å². The Balaban J connectivity index is 0.000000199. The molecule has 43 heavy (non-hydrogen) atoms. The minimum atomic E-state index is -0.466. The molecule has 2 atom stereocenters. The number of hydrogen-bond donors (Lipinski definition) is 0. The molecular weight excluding hydrogens is 684 g/mol. The van der Waals surface area contributed by atoms with Gasteiger partial charge in [-0.2, -0.15) is 0 Å². The van der Waals surface area contributed by atoms with Gasteiger partial charge in [-0.25, -0.2) is 9.59 Å². The van der Waals surface area contributed by atoms with Crippen LogP contribution in [0.5, 0.6) is 11.5 Å². The molecule has 230 valence electrons. The first-order valence-electron chi connectivity index (χ1n) is 14.0. The molecule has 5 rings (SSSR count). The second-order valence-electron chi connectivity index (χ2n) is 11.1. The summed E-state index contributed by atoms with van der Waals surface area (Å²) < 4.78 is 23.8. The predicted octanol–water partition coefficient (Wildman–Crippen LogP) is 6.87. The van der Waals surface area contributed by atoms with Gasteiger partial charge in [-0.3, -0.25) is 9.97 Å². The van der Waals surface area contributed by atoms with E-state index < -0.39 is 5.60 Å². The molecule has 0 saturated carbocycles. The van der Waals surface area contributed by atoms with Crippen molar-refractivity contribution in [3.05, 3.63) is 81.8 Å². The second kappa shape index (κ2) is 15.4. The largest absolute Gasteiger partial charge is 0.490 e. The maximum absolute atomic E-state index is 12.1. The number of aromatic nitrogens is 2. The van der Waals surface area contributed by atoms with Gasteiger partial charge in [0.1, 0.15) is 36.9 Å². The van der Waals surface area contributed by atoms with E-state index >= 15 is 0 Å². The van der Waals surface area contributed by atoms with E-state index in [1.807, 2.05) is 63.2 Å². The maximum atomic E-state index is 12.1. The lowest BCUT2D eigenvalue weighted by atomic mass is 10.1. The van der Waals surface area contributed by atoms with Gasteiger partial charge in [0.05, 0.1) is 24.5 Å². The summed E-state index contributed by atoms with van der Waals surface area (Å²) in [5.41, 5.74) is 0.515. The highest BCUT2D eigenvalue weighted by molar-refractivity contribution is 9.10. The highest BCUT2D eigenvalue weighted by atomic mass is 79.9. The monoisotopic (exact) mass is 718 g/mol. The third-order valence-corrected chi connectivity index (χ3v) is 7.47. The molecule has 0 spiro atoms. The molecule has 0 N–H and O–H groups in total. The van der Waals surface area contributed by atoms with Crippen LogP contribution < -0.4 is 9.47 Å². The van der Waals surface area contributed by atoms with E-state index in [4.69, 9.17) is 18.9 Å². The van der Waals surface area contributed by atoms with Crippen molar-refractivity contribution in [2.24, 2.45) is 0 Å². The van der Waals surface area contributed by atoms with Crippen molar-refractivity contribution in [3.63, 3.8) is 0 Å². The van der Waals surface area contributed by atoms with Gasteiger partial charge in [-0.05, 0) is 83.2 Å². The van der Waals surface area contributed by atoms with E-state index in [0.29, 0.717) is 37.9 Å². The normalized spacial score (nSPS) is 17.4. The van der Waals surface area contributed by atoms with Gasteiger partial charge in [0.15, 0.2) is 0 Å². The molecule has 2 fully saturated rings. The zero-order valence-corrected chi connectivity index (χ0v) is 27.6. The Bertz CT molecular complexity index is 1360. The van der Waals surface area contributed by atoms with E-state index in [1.54, 1.807) is 34.6 Å². The summed E-state index contributed by atoms with van der Waals surface area (Å²) in [7, 11) is 0. The number of pyridine rings is 2. The van der Waals surface area contributed by atoms with Gasteiger partial charge in [0.2, 0.25) is 0 Å². The quantitative estimate of drug-likeness (QED) is 0.249. The first kappa shape index (κ1) is 32.5. The number of amides is 2. The summed E-state index contributed by atoms with van der Waals surface area (Å²) >= 11 is 6.69. The molecule has 0 radical (unpaired) electrons. The van der Waals surface area contributed by atoms with Crippen LogP contribution in [0.15, 0.2) is 76.2 Å². The van der Waals surface area contributed by atoms with Gasteiger partial charge in [0, 0.05) is 34.4 Å². The molecule has 4 heterocycles. The number of nitrogens with zero attached hydrogens (tertiary/aromatic N) is 4. The zero-order chi connectivity index (χ0) is 30.8. The minimum absolute atomic E-state index is 0.0530. The van der Waals surface area contributed by atoms with Crippen LogP contribution in [0.4, 0.5) is 9.59 Å². The number of ether oxygens (including phenoxy) is 4. The first-order chi connectivity index (χ1) is 20.6. The third-order valence-electron chi connectivity index (χ3n) is 6.60. The Morgan fingerprint density at radius 1 is 0.814 bits per heavy atom. The fourth-order valence-corrected chi connectivity index (χ4v) is 4.85. The highest BCUT2D eigenvalue weighted by Gasteiger charge is 2.36. The Kier molecular flexibility index (Phi) is 11.6. The smallest absolute Gasteiger partial charge is 0.410 e. The van der Waals surface area contributed by atoms with Gasteiger partial charge in [-0.1, -0.05) is 30.3 Å². The van der Waals surface area contributed by atoms with Crippen molar-refractivity contribution in [1.82, 2.24) is 19.8 Å². The van der Waals surface area contributed by atoms with Crippen LogP contribution in [0.3, 0.4) is 0 Å². The van der Waals surface area contributed by atoms with E-state index in [0.717, 1.165) is 33.9 Å². The average Bonchev–Trinajstić information content (AvgIpc) is 2.91. The maximum Gasteiger partial charge on any atom is 0.410 e. The Labute approximate surface area is 268 Å². The molecule has 2 amide bonds. The molecular formula is C31H36Br2N4O6. The fourth-order valence-electron chi connectivity index (χ4n) is 4.16. The highest BCUT2D eigenvalue weighted by Crippen LogP contribution is 2.24. The standard InChI is InChI=1S/C17H17BrN2O3.C14H19BrN2O3/c18-14-8-16(10-19-9-14)22-12-15-6-7-20(15)17(21)23-11-13-4-2-1-3-5-13;1-14(2,3)20-13(18)17-5-4-11(17)9-19-12-6-10(15)7-16-8-12/h1-5,8-10,15H,6-7,11-12H2;6-8,11H,4-5,9H2,1-3H3/t15-;11-/m00/s1. The third kappa shape index (κ3) is 10.4. The number of rotatable bonds is 8. The zero-order valence-electron chi connectivity index (χ0n) is 24.4. The summed E-state index contributed by atoms with van der Waals surface area (Å²) in [5, 5.41) is 0. The van der Waals surface area contributed by atoms with Crippen LogP contribution in [-0.4, -0.2) is 75.9 Å². The van der Waals surface area contributed by atoms with E-state index in [2.05, 4.69) is 41.8 Å². The Hall–Kier alpha value is -3.38. The summed E-state index contributed by atoms with van der Waals surface area (Å²) in [5.74, 6) is 1.37. The molecule has 12 heteroatoms.